The summed E-state index contributed by atoms with van der Waals surface area (Å²) in [6, 6.07) is 5.40. The predicted octanol–water partition coefficient (Wildman–Crippen LogP) is 1.30. The first kappa shape index (κ1) is 7.91. The summed E-state index contributed by atoms with van der Waals surface area (Å²) < 4.78 is 9.95. The van der Waals surface area contributed by atoms with E-state index in [-0.39, 0.29) is 0 Å². The van der Waals surface area contributed by atoms with Crippen molar-refractivity contribution in [3.05, 3.63) is 23.8 Å². The first-order valence-electron chi connectivity index (χ1n) is 3.92. The van der Waals surface area contributed by atoms with Gasteiger partial charge >= 0.3 is 6.09 Å². The number of nitrogens with one attached hydrogen (secondary N) is 1. The van der Waals surface area contributed by atoms with Crippen molar-refractivity contribution in [2.45, 2.75) is 6.54 Å². The van der Waals surface area contributed by atoms with Crippen molar-refractivity contribution in [2.75, 3.05) is 7.11 Å². The normalized spacial score (nSPS) is 14.1. The Balaban J connectivity index is 2.38. The third kappa shape index (κ3) is 1.42. The maximum absolute atomic E-state index is 10.9. The molecule has 0 aromatic heterocycles. The molecule has 1 aliphatic heterocycles. The molecule has 0 saturated carbocycles. The molecule has 1 heterocycles. The summed E-state index contributed by atoms with van der Waals surface area (Å²) in [6.07, 6.45) is -0.416. The zero-order valence-corrected chi connectivity index (χ0v) is 7.16. The van der Waals surface area contributed by atoms with E-state index in [1.807, 2.05) is 12.1 Å². The molecular formula is C9H9NO3. The van der Waals surface area contributed by atoms with Crippen LogP contribution in [0.4, 0.5) is 4.79 Å². The molecule has 13 heavy (non-hydrogen) atoms. The van der Waals surface area contributed by atoms with E-state index in [0.717, 1.165) is 5.56 Å². The van der Waals surface area contributed by atoms with Gasteiger partial charge in [-0.2, -0.15) is 0 Å². The third-order valence-corrected chi connectivity index (χ3v) is 1.90. The molecular weight excluding hydrogens is 170 g/mol. The van der Waals surface area contributed by atoms with Crippen LogP contribution < -0.4 is 14.8 Å². The van der Waals surface area contributed by atoms with Gasteiger partial charge in [0.2, 0.25) is 0 Å². The monoisotopic (exact) mass is 179 g/mol. The SMILES string of the molecule is COc1ccc2c(c1)OC(=O)NC2. The standard InChI is InChI=1S/C9H9NO3/c1-12-7-3-2-6-5-10-9(11)13-8(6)4-7/h2-4H,5H2,1H3,(H,10,11). The van der Waals surface area contributed by atoms with Crippen LogP contribution in [0, 0.1) is 0 Å². The highest BCUT2D eigenvalue weighted by molar-refractivity contribution is 5.73. The largest absolute Gasteiger partial charge is 0.497 e. The van der Waals surface area contributed by atoms with E-state index in [0.29, 0.717) is 18.0 Å². The summed E-state index contributed by atoms with van der Waals surface area (Å²) in [7, 11) is 1.57. The van der Waals surface area contributed by atoms with Crippen LogP contribution in [0.3, 0.4) is 0 Å². The molecule has 1 aliphatic rings. The van der Waals surface area contributed by atoms with Crippen LogP contribution in [0.15, 0.2) is 18.2 Å². The van der Waals surface area contributed by atoms with Gasteiger partial charge in [0.05, 0.1) is 7.11 Å². The number of fused-ring (bicyclic) bond motifs is 1. The van der Waals surface area contributed by atoms with Gasteiger partial charge in [-0.1, -0.05) is 0 Å². The van der Waals surface area contributed by atoms with Gasteiger partial charge in [-0.05, 0) is 12.1 Å². The first-order valence-corrected chi connectivity index (χ1v) is 3.92. The molecule has 4 heteroatoms. The van der Waals surface area contributed by atoms with E-state index in [4.69, 9.17) is 9.47 Å². The number of amides is 1. The molecule has 0 aliphatic carbocycles. The van der Waals surface area contributed by atoms with E-state index >= 15 is 0 Å². The highest BCUT2D eigenvalue weighted by Crippen LogP contribution is 2.26. The Bertz CT molecular complexity index is 349. The van der Waals surface area contributed by atoms with E-state index in [1.54, 1.807) is 13.2 Å². The molecule has 1 N–H and O–H groups in total. The lowest BCUT2D eigenvalue weighted by molar-refractivity contribution is 0.194. The fourth-order valence-electron chi connectivity index (χ4n) is 1.21. The minimum Gasteiger partial charge on any atom is -0.497 e. The highest BCUT2D eigenvalue weighted by Gasteiger charge is 2.16. The second kappa shape index (κ2) is 2.97. The quantitative estimate of drug-likeness (QED) is 0.706. The molecule has 0 fully saturated rings. The van der Waals surface area contributed by atoms with E-state index in [1.165, 1.54) is 0 Å². The smallest absolute Gasteiger partial charge is 0.412 e. The van der Waals surface area contributed by atoms with Gasteiger partial charge in [0.1, 0.15) is 11.5 Å². The van der Waals surface area contributed by atoms with Gasteiger partial charge < -0.3 is 14.8 Å². The summed E-state index contributed by atoms with van der Waals surface area (Å²) in [6.45, 7) is 0.512. The Labute approximate surface area is 75.5 Å². The van der Waals surface area contributed by atoms with Crippen LogP contribution in [-0.2, 0) is 6.54 Å². The molecule has 0 spiro atoms. The Kier molecular flexibility index (Phi) is 1.81. The number of ether oxygens (including phenoxy) is 2. The second-order valence-electron chi connectivity index (χ2n) is 2.72. The van der Waals surface area contributed by atoms with Crippen molar-refractivity contribution in [1.82, 2.24) is 5.32 Å². The lowest BCUT2D eigenvalue weighted by atomic mass is 10.2. The van der Waals surface area contributed by atoms with E-state index < -0.39 is 6.09 Å². The number of carbonyl (C=O) groups excluding carboxylic acids is 1. The van der Waals surface area contributed by atoms with Gasteiger partial charge in [0, 0.05) is 18.2 Å². The molecule has 0 radical (unpaired) electrons. The van der Waals surface area contributed by atoms with Crippen molar-refractivity contribution < 1.29 is 14.3 Å². The molecule has 0 bridgehead atoms. The summed E-state index contributed by atoms with van der Waals surface area (Å²) in [5.41, 5.74) is 0.959. The number of hydrogen-bond donors (Lipinski definition) is 1. The fraction of sp³-hybridized carbons (Fsp3) is 0.222. The second-order valence-corrected chi connectivity index (χ2v) is 2.72. The topological polar surface area (TPSA) is 47.6 Å². The predicted molar refractivity (Wildman–Crippen MR) is 45.9 cm³/mol. The van der Waals surface area contributed by atoms with E-state index in [2.05, 4.69) is 5.32 Å². The molecule has 1 aromatic carbocycles. The van der Waals surface area contributed by atoms with Gasteiger partial charge in [-0.25, -0.2) is 4.79 Å². The third-order valence-electron chi connectivity index (χ3n) is 1.90. The zero-order valence-electron chi connectivity index (χ0n) is 7.16. The number of hydrogen-bond acceptors (Lipinski definition) is 3. The number of benzene rings is 1. The molecule has 1 amide bonds. The van der Waals surface area contributed by atoms with Crippen molar-refractivity contribution >= 4 is 6.09 Å². The summed E-state index contributed by atoms with van der Waals surface area (Å²) >= 11 is 0. The van der Waals surface area contributed by atoms with Gasteiger partial charge in [0.25, 0.3) is 0 Å². The van der Waals surface area contributed by atoms with Crippen LogP contribution in [0.5, 0.6) is 11.5 Å². The Hall–Kier alpha value is -1.71. The number of carbonyl (C=O) groups is 1. The van der Waals surface area contributed by atoms with Crippen LogP contribution in [0.2, 0.25) is 0 Å². The van der Waals surface area contributed by atoms with Crippen LogP contribution in [0.1, 0.15) is 5.56 Å². The number of methoxy groups -OCH3 is 1. The van der Waals surface area contributed by atoms with Gasteiger partial charge in [-0.15, -0.1) is 0 Å². The maximum Gasteiger partial charge on any atom is 0.412 e. The minimum absolute atomic E-state index is 0.416. The zero-order chi connectivity index (χ0) is 9.26. The molecule has 68 valence electrons. The Morgan fingerprint density at radius 3 is 3.15 bits per heavy atom. The van der Waals surface area contributed by atoms with Crippen molar-refractivity contribution in [1.29, 1.82) is 0 Å². The van der Waals surface area contributed by atoms with Crippen LogP contribution in [0.25, 0.3) is 0 Å². The lowest BCUT2D eigenvalue weighted by Gasteiger charge is -2.16. The fourth-order valence-corrected chi connectivity index (χ4v) is 1.21. The van der Waals surface area contributed by atoms with Gasteiger partial charge in [-0.3, -0.25) is 0 Å². The molecule has 0 saturated heterocycles. The summed E-state index contributed by atoms with van der Waals surface area (Å²) in [5.74, 6) is 1.26. The van der Waals surface area contributed by atoms with Gasteiger partial charge in [0.15, 0.2) is 0 Å². The Morgan fingerprint density at radius 2 is 2.38 bits per heavy atom. The average molecular weight is 179 g/mol. The van der Waals surface area contributed by atoms with Crippen molar-refractivity contribution in [3.63, 3.8) is 0 Å². The molecule has 2 rings (SSSR count). The first-order chi connectivity index (χ1) is 6.29. The highest BCUT2D eigenvalue weighted by atomic mass is 16.6. The Morgan fingerprint density at radius 1 is 1.54 bits per heavy atom. The molecule has 1 aromatic rings. The maximum atomic E-state index is 10.9. The van der Waals surface area contributed by atoms with Crippen molar-refractivity contribution in [3.8, 4) is 11.5 Å². The number of rotatable bonds is 1. The average Bonchev–Trinajstić information content (AvgIpc) is 2.16. The van der Waals surface area contributed by atoms with Crippen molar-refractivity contribution in [2.24, 2.45) is 0 Å². The minimum atomic E-state index is -0.416. The van der Waals surface area contributed by atoms with Crippen LogP contribution >= 0.6 is 0 Å². The summed E-state index contributed by atoms with van der Waals surface area (Å²) in [5, 5.41) is 2.57. The van der Waals surface area contributed by atoms with E-state index in [9.17, 15) is 4.79 Å². The van der Waals surface area contributed by atoms with Crippen LogP contribution in [-0.4, -0.2) is 13.2 Å². The molecule has 4 nitrogen and oxygen atoms in total. The lowest BCUT2D eigenvalue weighted by Crippen LogP contribution is -2.31. The molecule has 0 atom stereocenters. The molecule has 0 unspecified atom stereocenters. The summed E-state index contributed by atoms with van der Waals surface area (Å²) in [4.78, 5) is 10.9.